The van der Waals surface area contributed by atoms with Crippen molar-refractivity contribution in [1.29, 1.82) is 0 Å². The second-order valence-corrected chi connectivity index (χ2v) is 3.13. The third-order valence-corrected chi connectivity index (χ3v) is 1.90. The van der Waals surface area contributed by atoms with Gasteiger partial charge in [-0.05, 0) is 12.1 Å². The van der Waals surface area contributed by atoms with Gasteiger partial charge in [-0.2, -0.15) is 0 Å². The lowest BCUT2D eigenvalue weighted by Gasteiger charge is -1.73. The van der Waals surface area contributed by atoms with E-state index in [0.29, 0.717) is 0 Å². The summed E-state index contributed by atoms with van der Waals surface area (Å²) in [6, 6.07) is 3.52. The molecule has 2 rings (SSSR count). The van der Waals surface area contributed by atoms with Crippen molar-refractivity contribution in [2.24, 2.45) is 0 Å². The van der Waals surface area contributed by atoms with Gasteiger partial charge in [-0.25, -0.2) is 9.97 Å². The summed E-state index contributed by atoms with van der Waals surface area (Å²) in [7, 11) is 0. The molecular weight excluding hydrogens is 184 g/mol. The molecule has 5 heteroatoms. The second kappa shape index (κ2) is 5.10. The smallest absolute Gasteiger partial charge is 0.115 e. The molecule has 0 aliphatic rings. The molecule has 0 spiro atoms. The number of thiophene rings is 1. The number of hydrogen-bond donors (Lipinski definition) is 2. The van der Waals surface area contributed by atoms with Gasteiger partial charge in [-0.1, -0.05) is 0 Å². The lowest BCUT2D eigenvalue weighted by Crippen LogP contribution is -1.78. The predicted molar refractivity (Wildman–Crippen MR) is 55.2 cm³/mol. The average molecular weight is 194 g/mol. The van der Waals surface area contributed by atoms with Crippen LogP contribution in [0.25, 0.3) is 0 Å². The maximum atomic E-state index is 5.32. The van der Waals surface area contributed by atoms with Crippen LogP contribution in [-0.2, 0) is 0 Å². The molecule has 13 heavy (non-hydrogen) atoms. The lowest BCUT2D eigenvalue weighted by atomic mass is 10.5. The first kappa shape index (κ1) is 9.47. The van der Waals surface area contributed by atoms with E-state index < -0.39 is 0 Å². The molecule has 2 aromatic heterocycles. The maximum Gasteiger partial charge on any atom is 0.115 e. The van der Waals surface area contributed by atoms with E-state index in [2.05, 4.69) is 9.97 Å². The number of nitrogen functional groups attached to an aromatic ring is 2. The number of rotatable bonds is 0. The van der Waals surface area contributed by atoms with Crippen molar-refractivity contribution in [3.8, 4) is 0 Å². The topological polar surface area (TPSA) is 77.8 Å². The first-order valence-corrected chi connectivity index (χ1v) is 4.46. The van der Waals surface area contributed by atoms with Crippen LogP contribution >= 0.6 is 11.3 Å². The molecule has 0 bridgehead atoms. The van der Waals surface area contributed by atoms with Gasteiger partial charge in [0.2, 0.25) is 0 Å². The number of aromatic nitrogens is 2. The van der Waals surface area contributed by atoms with Crippen LogP contribution in [0.1, 0.15) is 0 Å². The van der Waals surface area contributed by atoms with Crippen LogP contribution in [0.2, 0.25) is 0 Å². The van der Waals surface area contributed by atoms with Crippen LogP contribution in [0.5, 0.6) is 0 Å². The number of nitrogens with zero attached hydrogens (tertiary/aromatic N) is 2. The fourth-order valence-electron chi connectivity index (χ4n) is 0.622. The highest BCUT2D eigenvalue weighted by atomic mass is 32.1. The normalized spacial score (nSPS) is 8.62. The molecule has 2 aromatic rings. The summed E-state index contributed by atoms with van der Waals surface area (Å²) in [5, 5.41) is 2.59. The second-order valence-electron chi connectivity index (χ2n) is 2.19. The highest BCUT2D eigenvalue weighted by molar-refractivity contribution is 7.14. The zero-order chi connectivity index (χ0) is 9.52. The average Bonchev–Trinajstić information content (AvgIpc) is 2.54. The van der Waals surface area contributed by atoms with E-state index in [1.807, 2.05) is 5.38 Å². The standard InChI is InChI=1S/C4H6N2S.C4H4N2/c5-3-1-4(6)7-2-3;1-2-5-4-6-3-1/h1-2H,5-6H2;1-4H. The SMILES string of the molecule is Nc1csc(N)c1.c1cncnc1. The molecule has 0 atom stereocenters. The lowest BCUT2D eigenvalue weighted by molar-refractivity contribution is 1.17. The van der Waals surface area contributed by atoms with Crippen molar-refractivity contribution >= 4 is 22.0 Å². The molecule has 68 valence electrons. The van der Waals surface area contributed by atoms with E-state index in [-0.39, 0.29) is 0 Å². The molecule has 2 heterocycles. The third kappa shape index (κ3) is 4.07. The van der Waals surface area contributed by atoms with Gasteiger partial charge >= 0.3 is 0 Å². The monoisotopic (exact) mass is 194 g/mol. The minimum absolute atomic E-state index is 0.752. The Morgan fingerprint density at radius 1 is 1.15 bits per heavy atom. The largest absolute Gasteiger partial charge is 0.398 e. The maximum absolute atomic E-state index is 5.32. The van der Waals surface area contributed by atoms with Crippen LogP contribution < -0.4 is 11.5 Å². The summed E-state index contributed by atoms with van der Waals surface area (Å²) in [4.78, 5) is 7.35. The van der Waals surface area contributed by atoms with Crippen molar-refractivity contribution in [3.63, 3.8) is 0 Å². The van der Waals surface area contributed by atoms with Gasteiger partial charge in [-0.3, -0.25) is 0 Å². The summed E-state index contributed by atoms with van der Waals surface area (Å²) < 4.78 is 0. The molecular formula is C8H10N4S. The Labute approximate surface area is 80.3 Å². The molecule has 4 N–H and O–H groups in total. The minimum Gasteiger partial charge on any atom is -0.398 e. The van der Waals surface area contributed by atoms with Crippen molar-refractivity contribution in [2.75, 3.05) is 11.5 Å². The molecule has 0 aliphatic heterocycles. The summed E-state index contributed by atoms with van der Waals surface area (Å²) in [6.45, 7) is 0. The summed E-state index contributed by atoms with van der Waals surface area (Å²) in [5.74, 6) is 0. The minimum atomic E-state index is 0.752. The van der Waals surface area contributed by atoms with Crippen LogP contribution in [-0.4, -0.2) is 9.97 Å². The van der Waals surface area contributed by atoms with Gasteiger partial charge in [-0.15, -0.1) is 11.3 Å². The third-order valence-electron chi connectivity index (χ3n) is 1.12. The van der Waals surface area contributed by atoms with E-state index >= 15 is 0 Å². The number of hydrogen-bond acceptors (Lipinski definition) is 5. The first-order chi connectivity index (χ1) is 6.29. The molecule has 0 unspecified atom stereocenters. The fourth-order valence-corrected chi connectivity index (χ4v) is 1.17. The van der Waals surface area contributed by atoms with Gasteiger partial charge in [0.1, 0.15) is 6.33 Å². The van der Waals surface area contributed by atoms with Crippen molar-refractivity contribution in [1.82, 2.24) is 9.97 Å². The predicted octanol–water partition coefficient (Wildman–Crippen LogP) is 1.39. The zero-order valence-electron chi connectivity index (χ0n) is 6.92. The Hall–Kier alpha value is -1.62. The molecule has 4 nitrogen and oxygen atoms in total. The van der Waals surface area contributed by atoms with Crippen molar-refractivity contribution in [2.45, 2.75) is 0 Å². The summed E-state index contributed by atoms with van der Waals surface area (Å²) in [6.07, 6.45) is 4.88. The molecule has 0 aromatic carbocycles. The molecule has 0 amide bonds. The summed E-state index contributed by atoms with van der Waals surface area (Å²) >= 11 is 1.46. The van der Waals surface area contributed by atoms with Crippen LogP contribution in [0.15, 0.2) is 36.2 Å². The number of anilines is 2. The Morgan fingerprint density at radius 2 is 1.85 bits per heavy atom. The van der Waals surface area contributed by atoms with Crippen LogP contribution in [0.4, 0.5) is 10.7 Å². The zero-order valence-corrected chi connectivity index (χ0v) is 7.74. The van der Waals surface area contributed by atoms with Gasteiger partial charge in [0.15, 0.2) is 0 Å². The fraction of sp³-hybridized carbons (Fsp3) is 0. The molecule has 0 aliphatic carbocycles. The number of nitrogens with two attached hydrogens (primary N) is 2. The Bertz CT molecular complexity index is 290. The van der Waals surface area contributed by atoms with Gasteiger partial charge in [0.05, 0.1) is 5.00 Å². The van der Waals surface area contributed by atoms with Gasteiger partial charge in [0.25, 0.3) is 0 Å². The van der Waals surface area contributed by atoms with E-state index in [1.165, 1.54) is 17.7 Å². The van der Waals surface area contributed by atoms with Crippen LogP contribution in [0, 0.1) is 0 Å². The van der Waals surface area contributed by atoms with Crippen LogP contribution in [0.3, 0.4) is 0 Å². The van der Waals surface area contributed by atoms with E-state index in [9.17, 15) is 0 Å². The van der Waals surface area contributed by atoms with E-state index in [4.69, 9.17) is 11.5 Å². The highest BCUT2D eigenvalue weighted by Crippen LogP contribution is 2.16. The van der Waals surface area contributed by atoms with E-state index in [1.54, 1.807) is 24.5 Å². The first-order valence-electron chi connectivity index (χ1n) is 3.58. The quantitative estimate of drug-likeness (QED) is 0.664. The summed E-state index contributed by atoms with van der Waals surface area (Å²) in [5.41, 5.74) is 11.4. The van der Waals surface area contributed by atoms with Gasteiger partial charge in [0, 0.05) is 23.5 Å². The Kier molecular flexibility index (Phi) is 3.72. The van der Waals surface area contributed by atoms with E-state index in [0.717, 1.165) is 10.7 Å². The molecule has 0 saturated carbocycles. The molecule has 0 radical (unpaired) electrons. The Balaban J connectivity index is 0.000000132. The molecule has 0 saturated heterocycles. The van der Waals surface area contributed by atoms with Crippen molar-refractivity contribution in [3.05, 3.63) is 36.2 Å². The van der Waals surface area contributed by atoms with Gasteiger partial charge < -0.3 is 11.5 Å². The van der Waals surface area contributed by atoms with Crippen molar-refractivity contribution < 1.29 is 0 Å². The highest BCUT2D eigenvalue weighted by Gasteiger charge is 1.85. The molecule has 0 fully saturated rings. The Morgan fingerprint density at radius 3 is 2.00 bits per heavy atom.